The van der Waals surface area contributed by atoms with Crippen molar-refractivity contribution < 1.29 is 19.8 Å². The summed E-state index contributed by atoms with van der Waals surface area (Å²) in [6.07, 6.45) is -1.32. The fourth-order valence-electron chi connectivity index (χ4n) is 1.39. The first-order valence-corrected chi connectivity index (χ1v) is 4.95. The van der Waals surface area contributed by atoms with Gasteiger partial charge in [-0.05, 0) is 18.2 Å². The number of fused-ring (bicyclic) bond motifs is 1. The van der Waals surface area contributed by atoms with Crippen molar-refractivity contribution in [3.8, 4) is 0 Å². The molecule has 16 heavy (non-hydrogen) atoms. The van der Waals surface area contributed by atoms with Gasteiger partial charge in [-0.3, -0.25) is 0 Å². The summed E-state index contributed by atoms with van der Waals surface area (Å²) in [6, 6.07) is 4.63. The van der Waals surface area contributed by atoms with Crippen molar-refractivity contribution in [3.63, 3.8) is 0 Å². The molecule has 0 spiro atoms. The zero-order valence-electron chi connectivity index (χ0n) is 7.72. The molecule has 2 rings (SSSR count). The highest BCUT2D eigenvalue weighted by molar-refractivity contribution is 9.10. The van der Waals surface area contributed by atoms with Crippen molar-refractivity contribution >= 4 is 38.9 Å². The van der Waals surface area contributed by atoms with E-state index < -0.39 is 12.1 Å². The van der Waals surface area contributed by atoms with E-state index in [0.29, 0.717) is 9.15 Å². The molecule has 2 N–H and O–H groups in total. The molecular formula is C9H5BrN2O4. The van der Waals surface area contributed by atoms with Gasteiger partial charge in [-0.1, -0.05) is 15.9 Å². The number of carboxylic acid groups (broad SMARTS) is 2. The number of carboxylic acids is 1. The average Bonchev–Trinajstić information content (AvgIpc) is 2.56. The van der Waals surface area contributed by atoms with E-state index in [4.69, 9.17) is 10.2 Å². The zero-order chi connectivity index (χ0) is 11.9. The first-order chi connectivity index (χ1) is 7.50. The SMILES string of the molecule is O=C(O)c1nn(C(=O)O)c2ccc(Br)cc12. The summed E-state index contributed by atoms with van der Waals surface area (Å²) in [4.78, 5) is 21.7. The van der Waals surface area contributed by atoms with Gasteiger partial charge < -0.3 is 10.2 Å². The number of benzene rings is 1. The first kappa shape index (κ1) is 10.6. The molecular weight excluding hydrogens is 280 g/mol. The van der Waals surface area contributed by atoms with Crippen LogP contribution >= 0.6 is 15.9 Å². The van der Waals surface area contributed by atoms with E-state index in [-0.39, 0.29) is 16.6 Å². The van der Waals surface area contributed by atoms with Gasteiger partial charge in [0.05, 0.1) is 5.52 Å². The molecule has 0 saturated carbocycles. The number of halogens is 1. The number of aromatic carboxylic acids is 1. The number of hydrogen-bond donors (Lipinski definition) is 2. The van der Waals surface area contributed by atoms with Gasteiger partial charge in [-0.15, -0.1) is 0 Å². The second-order valence-corrected chi connectivity index (χ2v) is 3.93. The predicted molar refractivity (Wildman–Crippen MR) is 57.8 cm³/mol. The normalized spacial score (nSPS) is 10.6. The molecule has 7 heteroatoms. The third-order valence-corrected chi connectivity index (χ3v) is 2.52. The third-order valence-electron chi connectivity index (χ3n) is 2.03. The van der Waals surface area contributed by atoms with Crippen LogP contribution in [-0.4, -0.2) is 32.1 Å². The van der Waals surface area contributed by atoms with E-state index in [1.54, 1.807) is 6.07 Å². The average molecular weight is 285 g/mol. The van der Waals surface area contributed by atoms with Crippen molar-refractivity contribution in [3.05, 3.63) is 28.4 Å². The molecule has 6 nitrogen and oxygen atoms in total. The van der Waals surface area contributed by atoms with Gasteiger partial charge in [0.25, 0.3) is 0 Å². The van der Waals surface area contributed by atoms with Crippen LogP contribution in [0.25, 0.3) is 10.9 Å². The predicted octanol–water partition coefficient (Wildman–Crippen LogP) is 2.02. The Bertz CT molecular complexity index is 605. The van der Waals surface area contributed by atoms with E-state index in [1.807, 2.05) is 0 Å². The van der Waals surface area contributed by atoms with Crippen LogP contribution in [-0.2, 0) is 0 Å². The molecule has 1 aromatic carbocycles. The molecule has 0 aliphatic rings. The Balaban J connectivity index is 2.87. The molecule has 0 atom stereocenters. The molecule has 82 valence electrons. The van der Waals surface area contributed by atoms with Gasteiger partial charge in [0, 0.05) is 9.86 Å². The molecule has 0 radical (unpaired) electrons. The van der Waals surface area contributed by atoms with E-state index >= 15 is 0 Å². The van der Waals surface area contributed by atoms with Crippen LogP contribution < -0.4 is 0 Å². The second kappa shape index (κ2) is 3.60. The monoisotopic (exact) mass is 284 g/mol. The van der Waals surface area contributed by atoms with Crippen LogP contribution in [0.4, 0.5) is 4.79 Å². The minimum Gasteiger partial charge on any atom is -0.476 e. The maximum atomic E-state index is 10.9. The van der Waals surface area contributed by atoms with E-state index in [2.05, 4.69) is 21.0 Å². The lowest BCUT2D eigenvalue weighted by Crippen LogP contribution is -2.10. The summed E-state index contributed by atoms with van der Waals surface area (Å²) in [5.74, 6) is -1.26. The van der Waals surface area contributed by atoms with Crippen LogP contribution in [0.3, 0.4) is 0 Å². The van der Waals surface area contributed by atoms with E-state index in [9.17, 15) is 9.59 Å². The molecule has 2 aromatic rings. The molecule has 0 amide bonds. The highest BCUT2D eigenvalue weighted by Crippen LogP contribution is 2.23. The number of carbonyl (C=O) groups is 2. The van der Waals surface area contributed by atoms with Gasteiger partial charge in [0.2, 0.25) is 0 Å². The van der Waals surface area contributed by atoms with E-state index in [1.165, 1.54) is 12.1 Å². The Kier molecular flexibility index (Phi) is 2.39. The van der Waals surface area contributed by atoms with Gasteiger partial charge in [-0.2, -0.15) is 9.78 Å². The van der Waals surface area contributed by atoms with Crippen LogP contribution in [0.5, 0.6) is 0 Å². The molecule has 0 bridgehead atoms. The molecule has 1 heterocycles. The van der Waals surface area contributed by atoms with Crippen LogP contribution in [0, 0.1) is 0 Å². The molecule has 0 unspecified atom stereocenters. The maximum Gasteiger partial charge on any atom is 0.432 e. The lowest BCUT2D eigenvalue weighted by Gasteiger charge is -1.94. The van der Waals surface area contributed by atoms with Crippen LogP contribution in [0.1, 0.15) is 10.5 Å². The number of hydrogen-bond acceptors (Lipinski definition) is 3. The molecule has 1 aromatic heterocycles. The van der Waals surface area contributed by atoms with Gasteiger partial charge in [0.1, 0.15) is 0 Å². The highest BCUT2D eigenvalue weighted by atomic mass is 79.9. The minimum atomic E-state index is -1.32. The summed E-state index contributed by atoms with van der Waals surface area (Å²) in [5.41, 5.74) is -0.0354. The maximum absolute atomic E-state index is 10.9. The minimum absolute atomic E-state index is 0.244. The second-order valence-electron chi connectivity index (χ2n) is 3.01. The Morgan fingerprint density at radius 1 is 1.31 bits per heavy atom. The summed E-state index contributed by atoms with van der Waals surface area (Å²) in [5, 5.41) is 21.5. The summed E-state index contributed by atoms with van der Waals surface area (Å²) in [6.45, 7) is 0. The summed E-state index contributed by atoms with van der Waals surface area (Å²) < 4.78 is 1.30. The third kappa shape index (κ3) is 1.54. The van der Waals surface area contributed by atoms with Gasteiger partial charge in [-0.25, -0.2) is 9.59 Å². The Labute approximate surface area is 97.2 Å². The molecule has 0 fully saturated rings. The largest absolute Gasteiger partial charge is 0.476 e. The standard InChI is InChI=1S/C9H5BrN2O4/c10-4-1-2-6-5(3-4)7(8(13)14)11-12(6)9(15)16/h1-3H,(H,13,14)(H,15,16). The zero-order valence-corrected chi connectivity index (χ0v) is 9.30. The number of rotatable bonds is 1. The summed E-state index contributed by atoms with van der Waals surface area (Å²) in [7, 11) is 0. The number of nitrogens with zero attached hydrogens (tertiary/aromatic N) is 2. The summed E-state index contributed by atoms with van der Waals surface area (Å²) >= 11 is 3.18. The van der Waals surface area contributed by atoms with Gasteiger partial charge >= 0.3 is 12.1 Å². The molecule has 0 aliphatic heterocycles. The first-order valence-electron chi connectivity index (χ1n) is 4.15. The van der Waals surface area contributed by atoms with Crippen LogP contribution in [0.2, 0.25) is 0 Å². The topological polar surface area (TPSA) is 92.4 Å². The van der Waals surface area contributed by atoms with Crippen molar-refractivity contribution in [2.45, 2.75) is 0 Å². The van der Waals surface area contributed by atoms with Gasteiger partial charge in [0.15, 0.2) is 5.69 Å². The smallest absolute Gasteiger partial charge is 0.432 e. The van der Waals surface area contributed by atoms with E-state index in [0.717, 1.165) is 0 Å². The van der Waals surface area contributed by atoms with Crippen LogP contribution in [0.15, 0.2) is 22.7 Å². The fourth-order valence-corrected chi connectivity index (χ4v) is 1.76. The molecule has 0 aliphatic carbocycles. The Morgan fingerprint density at radius 2 is 2.00 bits per heavy atom. The fraction of sp³-hybridized carbons (Fsp3) is 0. The lowest BCUT2D eigenvalue weighted by atomic mass is 10.2. The number of aromatic nitrogens is 2. The lowest BCUT2D eigenvalue weighted by molar-refractivity contribution is 0.0692. The Morgan fingerprint density at radius 3 is 2.56 bits per heavy atom. The van der Waals surface area contributed by atoms with Crippen molar-refractivity contribution in [2.24, 2.45) is 0 Å². The van der Waals surface area contributed by atoms with Crippen molar-refractivity contribution in [2.75, 3.05) is 0 Å². The molecule has 0 saturated heterocycles. The quantitative estimate of drug-likeness (QED) is 0.836. The van der Waals surface area contributed by atoms with Crippen molar-refractivity contribution in [1.29, 1.82) is 0 Å². The highest BCUT2D eigenvalue weighted by Gasteiger charge is 2.19. The Hall–Kier alpha value is -1.89. The van der Waals surface area contributed by atoms with Crippen molar-refractivity contribution in [1.82, 2.24) is 9.78 Å².